The Labute approximate surface area is 128 Å². The zero-order chi connectivity index (χ0) is 14.8. The van der Waals surface area contributed by atoms with Gasteiger partial charge in [-0.2, -0.15) is 0 Å². The molecule has 112 valence electrons. The number of ketones is 1. The van der Waals surface area contributed by atoms with Gasteiger partial charge in [-0.05, 0) is 24.6 Å². The van der Waals surface area contributed by atoms with Crippen LogP contribution in [0.15, 0.2) is 18.2 Å². The van der Waals surface area contributed by atoms with Crippen LogP contribution in [-0.2, 0) is 14.2 Å². The minimum Gasteiger partial charge on any atom is -0.382 e. The summed E-state index contributed by atoms with van der Waals surface area (Å²) in [6, 6.07) is 4.78. The molecule has 20 heavy (non-hydrogen) atoms. The van der Waals surface area contributed by atoms with Gasteiger partial charge >= 0.3 is 0 Å². The lowest BCUT2D eigenvalue weighted by molar-refractivity contribution is 0.0488. The third-order valence-corrected chi connectivity index (χ3v) is 3.22. The molecule has 1 aromatic rings. The molecular formula is C14H18Cl2O4. The average molecular weight is 321 g/mol. The number of benzene rings is 1. The number of carbonyl (C=O) groups is 1. The minimum absolute atomic E-state index is 0.0238. The molecule has 0 atom stereocenters. The maximum absolute atomic E-state index is 11.8. The normalized spacial score (nSPS) is 10.8. The Bertz CT molecular complexity index is 424. The summed E-state index contributed by atoms with van der Waals surface area (Å²) in [4.78, 5) is 11.8. The molecule has 0 saturated heterocycles. The molecule has 0 aliphatic rings. The monoisotopic (exact) mass is 320 g/mol. The summed E-state index contributed by atoms with van der Waals surface area (Å²) < 4.78 is 15.4. The number of ether oxygens (including phenoxy) is 3. The largest absolute Gasteiger partial charge is 0.382 e. The van der Waals surface area contributed by atoms with Crippen LogP contribution in [0.3, 0.4) is 0 Å². The summed E-state index contributed by atoms with van der Waals surface area (Å²) in [6.45, 7) is 2.23. The fourth-order valence-electron chi connectivity index (χ4n) is 1.43. The van der Waals surface area contributed by atoms with E-state index in [9.17, 15) is 4.79 Å². The van der Waals surface area contributed by atoms with Crippen molar-refractivity contribution in [3.8, 4) is 0 Å². The van der Waals surface area contributed by atoms with Crippen LogP contribution in [0.5, 0.6) is 0 Å². The summed E-state index contributed by atoms with van der Waals surface area (Å²) in [7, 11) is 1.63. The molecule has 0 saturated carbocycles. The Morgan fingerprint density at radius 2 is 1.80 bits per heavy atom. The highest BCUT2D eigenvalue weighted by atomic mass is 35.5. The molecule has 1 rings (SSSR count). The number of Topliss-reactive ketones (excluding diaryl/α,β-unsaturated/α-hetero) is 1. The lowest BCUT2D eigenvalue weighted by atomic mass is 10.1. The third kappa shape index (κ3) is 6.68. The van der Waals surface area contributed by atoms with E-state index in [1.54, 1.807) is 25.3 Å². The molecule has 1 aromatic carbocycles. The van der Waals surface area contributed by atoms with Crippen LogP contribution >= 0.6 is 23.2 Å². The molecule has 0 fully saturated rings. The van der Waals surface area contributed by atoms with Gasteiger partial charge in [0, 0.05) is 25.9 Å². The summed E-state index contributed by atoms with van der Waals surface area (Å²) in [6.07, 6.45) is 0.734. The van der Waals surface area contributed by atoms with Crippen molar-refractivity contribution in [2.75, 3.05) is 40.1 Å². The van der Waals surface area contributed by atoms with Gasteiger partial charge in [0.05, 0.1) is 23.3 Å². The van der Waals surface area contributed by atoms with E-state index in [1.807, 2.05) is 0 Å². The third-order valence-electron chi connectivity index (χ3n) is 2.48. The predicted octanol–water partition coefficient (Wildman–Crippen LogP) is 3.25. The zero-order valence-corrected chi connectivity index (χ0v) is 12.9. The number of hydrogen-bond donors (Lipinski definition) is 0. The molecule has 6 heteroatoms. The van der Waals surface area contributed by atoms with Crippen molar-refractivity contribution in [2.24, 2.45) is 0 Å². The van der Waals surface area contributed by atoms with E-state index in [0.717, 1.165) is 6.42 Å². The first-order chi connectivity index (χ1) is 9.65. The standard InChI is InChI=1S/C14H18Cl2O4/c1-18-7-8-19-5-2-6-20-10-14(17)11-3-4-12(15)13(16)9-11/h3-4,9H,2,5-8,10H2,1H3. The van der Waals surface area contributed by atoms with Crippen LogP contribution in [-0.4, -0.2) is 45.9 Å². The Kier molecular flexibility index (Phi) is 8.82. The van der Waals surface area contributed by atoms with E-state index < -0.39 is 0 Å². The highest BCUT2D eigenvalue weighted by Crippen LogP contribution is 2.22. The molecule has 0 heterocycles. The molecule has 0 aromatic heterocycles. The van der Waals surface area contributed by atoms with Gasteiger partial charge in [-0.1, -0.05) is 23.2 Å². The smallest absolute Gasteiger partial charge is 0.188 e. The number of hydrogen-bond acceptors (Lipinski definition) is 4. The quantitative estimate of drug-likeness (QED) is 0.490. The van der Waals surface area contributed by atoms with Crippen molar-refractivity contribution in [3.63, 3.8) is 0 Å². The molecule has 4 nitrogen and oxygen atoms in total. The molecule has 0 bridgehead atoms. The van der Waals surface area contributed by atoms with Gasteiger partial charge in [0.1, 0.15) is 6.61 Å². The van der Waals surface area contributed by atoms with E-state index in [2.05, 4.69) is 0 Å². The second kappa shape index (κ2) is 10.1. The maximum Gasteiger partial charge on any atom is 0.188 e. The van der Waals surface area contributed by atoms with Crippen molar-refractivity contribution < 1.29 is 19.0 Å². The Hall–Kier alpha value is -0.650. The van der Waals surface area contributed by atoms with Crippen LogP contribution in [0.2, 0.25) is 10.0 Å². The molecule has 0 unspecified atom stereocenters. The molecular weight excluding hydrogens is 303 g/mol. The lowest BCUT2D eigenvalue weighted by Gasteiger charge is -2.06. The van der Waals surface area contributed by atoms with Gasteiger partial charge in [0.25, 0.3) is 0 Å². The van der Waals surface area contributed by atoms with Crippen molar-refractivity contribution in [3.05, 3.63) is 33.8 Å². The topological polar surface area (TPSA) is 44.8 Å². The molecule has 0 aliphatic heterocycles. The van der Waals surface area contributed by atoms with Crippen molar-refractivity contribution in [1.29, 1.82) is 0 Å². The van der Waals surface area contributed by atoms with Crippen molar-refractivity contribution in [2.45, 2.75) is 6.42 Å². The summed E-state index contributed by atoms with van der Waals surface area (Å²) in [5.74, 6) is -0.121. The van der Waals surface area contributed by atoms with Gasteiger partial charge in [-0.25, -0.2) is 0 Å². The second-order valence-electron chi connectivity index (χ2n) is 4.06. The zero-order valence-electron chi connectivity index (χ0n) is 11.4. The van der Waals surface area contributed by atoms with Crippen molar-refractivity contribution in [1.82, 2.24) is 0 Å². The number of halogens is 2. The van der Waals surface area contributed by atoms with Crippen LogP contribution < -0.4 is 0 Å². The first-order valence-electron chi connectivity index (χ1n) is 6.28. The molecule has 0 spiro atoms. The number of carbonyl (C=O) groups excluding carboxylic acids is 1. The van der Waals surface area contributed by atoms with E-state index >= 15 is 0 Å². The van der Waals surface area contributed by atoms with Gasteiger partial charge < -0.3 is 14.2 Å². The first kappa shape index (κ1) is 17.4. The Balaban J connectivity index is 2.15. The van der Waals surface area contributed by atoms with E-state index in [0.29, 0.717) is 42.0 Å². The predicted molar refractivity (Wildman–Crippen MR) is 78.9 cm³/mol. The van der Waals surface area contributed by atoms with Gasteiger partial charge in [-0.3, -0.25) is 4.79 Å². The second-order valence-corrected chi connectivity index (χ2v) is 4.88. The Morgan fingerprint density at radius 1 is 1.05 bits per heavy atom. The van der Waals surface area contributed by atoms with Crippen LogP contribution in [0.4, 0.5) is 0 Å². The minimum atomic E-state index is -0.121. The molecule has 0 amide bonds. The van der Waals surface area contributed by atoms with E-state index in [4.69, 9.17) is 37.4 Å². The molecule has 0 aliphatic carbocycles. The summed E-state index contributed by atoms with van der Waals surface area (Å²) in [5, 5.41) is 0.793. The van der Waals surface area contributed by atoms with Crippen LogP contribution in [0.25, 0.3) is 0 Å². The lowest BCUT2D eigenvalue weighted by Crippen LogP contribution is -2.11. The van der Waals surface area contributed by atoms with Gasteiger partial charge in [-0.15, -0.1) is 0 Å². The number of methoxy groups -OCH3 is 1. The Morgan fingerprint density at radius 3 is 2.50 bits per heavy atom. The van der Waals surface area contributed by atoms with Crippen molar-refractivity contribution >= 4 is 29.0 Å². The van der Waals surface area contributed by atoms with Gasteiger partial charge in [0.15, 0.2) is 5.78 Å². The first-order valence-corrected chi connectivity index (χ1v) is 7.03. The highest BCUT2D eigenvalue weighted by molar-refractivity contribution is 6.42. The SMILES string of the molecule is COCCOCCCOCC(=O)c1ccc(Cl)c(Cl)c1. The fraction of sp³-hybridized carbons (Fsp3) is 0.500. The maximum atomic E-state index is 11.8. The van der Waals surface area contributed by atoms with Gasteiger partial charge in [0.2, 0.25) is 0 Å². The average Bonchev–Trinajstić information content (AvgIpc) is 2.44. The fourth-order valence-corrected chi connectivity index (χ4v) is 1.72. The van der Waals surface area contributed by atoms with Crippen LogP contribution in [0.1, 0.15) is 16.8 Å². The highest BCUT2D eigenvalue weighted by Gasteiger charge is 2.08. The molecule has 0 radical (unpaired) electrons. The summed E-state index contributed by atoms with van der Waals surface area (Å²) >= 11 is 11.6. The van der Waals surface area contributed by atoms with E-state index in [1.165, 1.54) is 0 Å². The molecule has 0 N–H and O–H groups in total. The van der Waals surface area contributed by atoms with Crippen LogP contribution in [0, 0.1) is 0 Å². The van der Waals surface area contributed by atoms with E-state index in [-0.39, 0.29) is 12.4 Å². The summed E-state index contributed by atoms with van der Waals surface area (Å²) in [5.41, 5.74) is 0.496. The number of rotatable bonds is 10.